The third-order valence-corrected chi connectivity index (χ3v) is 7.13. The van der Waals surface area contributed by atoms with Crippen molar-refractivity contribution in [2.45, 2.75) is 50.8 Å². The van der Waals surface area contributed by atoms with Crippen LogP contribution in [0, 0.1) is 12.8 Å². The Bertz CT molecular complexity index is 1140. The van der Waals surface area contributed by atoms with Crippen LogP contribution < -0.4 is 0 Å². The summed E-state index contributed by atoms with van der Waals surface area (Å²) in [6.45, 7) is 3.11. The van der Waals surface area contributed by atoms with Crippen LogP contribution in [0.2, 0.25) is 0 Å². The van der Waals surface area contributed by atoms with Crippen LogP contribution in [0.1, 0.15) is 65.3 Å². The number of alkyl halides is 3. The molecule has 7 nitrogen and oxygen atoms in total. The summed E-state index contributed by atoms with van der Waals surface area (Å²) in [5.41, 5.74) is 5.03. The molecule has 0 unspecified atom stereocenters. The first-order valence-corrected chi connectivity index (χ1v) is 12.0. The Hall–Kier alpha value is -2.53. The molecule has 33 heavy (non-hydrogen) atoms. The van der Waals surface area contributed by atoms with Crippen molar-refractivity contribution in [3.8, 4) is 0 Å². The van der Waals surface area contributed by atoms with E-state index in [0.29, 0.717) is 43.9 Å². The van der Waals surface area contributed by atoms with Gasteiger partial charge in [-0.2, -0.15) is 18.3 Å². The second-order valence-electron chi connectivity index (χ2n) is 8.74. The minimum Gasteiger partial charge on any atom is -0.368 e. The van der Waals surface area contributed by atoms with Gasteiger partial charge in [-0.1, -0.05) is 0 Å². The van der Waals surface area contributed by atoms with Crippen molar-refractivity contribution in [2.75, 3.05) is 19.7 Å². The van der Waals surface area contributed by atoms with E-state index >= 15 is 0 Å². The predicted octanol–water partition coefficient (Wildman–Crippen LogP) is 4.54. The smallest absolute Gasteiger partial charge is 0.368 e. The van der Waals surface area contributed by atoms with Crippen LogP contribution in [0.3, 0.4) is 0 Å². The molecule has 1 amide bonds. The van der Waals surface area contributed by atoms with Crippen molar-refractivity contribution >= 4 is 22.9 Å². The molecule has 2 fully saturated rings. The Labute approximate surface area is 192 Å². The van der Waals surface area contributed by atoms with Crippen molar-refractivity contribution in [1.29, 1.82) is 0 Å². The summed E-state index contributed by atoms with van der Waals surface area (Å²) >= 11 is 1.38. The molecule has 5 rings (SSSR count). The standard InChI is InChI=1S/C22H24F3N5O2S/c1-13-8-18(19-10-29(6-7-32-19)21(31)17-11-33-12-26-17)30-20(27-13)9-16(28-30)14-2-4-15(5-3-14)22(23,24)25/h8-9,11-12,14-15,19H,2-7,10H2,1H3/t14-,15-,19-/m1/s1. The van der Waals surface area contributed by atoms with Gasteiger partial charge in [0.1, 0.15) is 11.8 Å². The van der Waals surface area contributed by atoms with Crippen LogP contribution in [-0.4, -0.2) is 56.3 Å². The maximum absolute atomic E-state index is 13.0. The molecule has 1 saturated carbocycles. The number of halogens is 3. The van der Waals surface area contributed by atoms with Gasteiger partial charge >= 0.3 is 6.18 Å². The van der Waals surface area contributed by atoms with E-state index in [1.807, 2.05) is 19.1 Å². The third kappa shape index (κ3) is 4.48. The summed E-state index contributed by atoms with van der Waals surface area (Å²) < 4.78 is 46.9. The van der Waals surface area contributed by atoms with Gasteiger partial charge in [0.2, 0.25) is 0 Å². The summed E-state index contributed by atoms with van der Waals surface area (Å²) in [5, 5.41) is 6.47. The van der Waals surface area contributed by atoms with E-state index in [2.05, 4.69) is 9.97 Å². The van der Waals surface area contributed by atoms with E-state index in [-0.39, 0.29) is 30.8 Å². The lowest BCUT2D eigenvalue weighted by atomic mass is 9.80. The Balaban J connectivity index is 1.39. The lowest BCUT2D eigenvalue weighted by Crippen LogP contribution is -2.42. The van der Waals surface area contributed by atoms with Gasteiger partial charge in [0.15, 0.2) is 5.65 Å². The number of amides is 1. The fourth-order valence-electron chi connectivity index (χ4n) is 4.78. The molecule has 2 aliphatic rings. The molecular weight excluding hydrogens is 455 g/mol. The lowest BCUT2D eigenvalue weighted by Gasteiger charge is -2.32. The highest BCUT2D eigenvalue weighted by molar-refractivity contribution is 7.07. The molecule has 3 aromatic rings. The van der Waals surface area contributed by atoms with Crippen molar-refractivity contribution in [3.63, 3.8) is 0 Å². The van der Waals surface area contributed by atoms with E-state index in [9.17, 15) is 18.0 Å². The van der Waals surface area contributed by atoms with E-state index in [1.54, 1.807) is 20.3 Å². The van der Waals surface area contributed by atoms with Crippen LogP contribution >= 0.6 is 11.3 Å². The number of hydrogen-bond donors (Lipinski definition) is 0. The van der Waals surface area contributed by atoms with E-state index < -0.39 is 12.1 Å². The maximum atomic E-state index is 13.0. The van der Waals surface area contributed by atoms with E-state index in [0.717, 1.165) is 17.1 Å². The van der Waals surface area contributed by atoms with Gasteiger partial charge in [-0.15, -0.1) is 11.3 Å². The van der Waals surface area contributed by atoms with Gasteiger partial charge in [-0.25, -0.2) is 14.5 Å². The predicted molar refractivity (Wildman–Crippen MR) is 115 cm³/mol. The second-order valence-corrected chi connectivity index (χ2v) is 9.45. The molecule has 0 spiro atoms. The molecule has 0 N–H and O–H groups in total. The summed E-state index contributed by atoms with van der Waals surface area (Å²) in [4.78, 5) is 23.2. The number of ether oxygens (including phenoxy) is 1. The van der Waals surface area contributed by atoms with Gasteiger partial charge in [-0.3, -0.25) is 4.79 Å². The second kappa shape index (κ2) is 8.68. The number of nitrogens with zero attached hydrogens (tertiary/aromatic N) is 5. The highest BCUT2D eigenvalue weighted by Gasteiger charge is 2.42. The normalized spacial score (nSPS) is 24.4. The summed E-state index contributed by atoms with van der Waals surface area (Å²) in [5.74, 6) is -1.37. The van der Waals surface area contributed by atoms with Crippen molar-refractivity contribution in [3.05, 3.63) is 45.8 Å². The van der Waals surface area contributed by atoms with E-state index in [4.69, 9.17) is 9.84 Å². The number of fused-ring (bicyclic) bond motifs is 1. The van der Waals surface area contributed by atoms with E-state index in [1.165, 1.54) is 11.3 Å². The SMILES string of the molecule is Cc1cc([C@H]2CN(C(=O)c3cscn3)CCO2)n2nc([C@H]3CC[C@H](C(F)(F)F)CC3)cc2n1. The molecule has 1 aliphatic heterocycles. The minimum atomic E-state index is -4.13. The summed E-state index contributed by atoms with van der Waals surface area (Å²) in [7, 11) is 0. The van der Waals surface area contributed by atoms with Crippen LogP contribution in [0.15, 0.2) is 23.0 Å². The quantitative estimate of drug-likeness (QED) is 0.551. The number of thiazole rings is 1. The molecule has 3 aromatic heterocycles. The fraction of sp³-hybridized carbons (Fsp3) is 0.545. The van der Waals surface area contributed by atoms with Crippen LogP contribution in [0.4, 0.5) is 13.2 Å². The molecule has 11 heteroatoms. The van der Waals surface area contributed by atoms with Crippen molar-refractivity contribution < 1.29 is 22.7 Å². The number of rotatable bonds is 3. The Morgan fingerprint density at radius 2 is 2.00 bits per heavy atom. The van der Waals surface area contributed by atoms with Crippen LogP contribution in [0.5, 0.6) is 0 Å². The number of morpholine rings is 1. The average Bonchev–Trinajstić information content (AvgIpc) is 3.48. The van der Waals surface area contributed by atoms with Gasteiger partial charge in [0.25, 0.3) is 5.91 Å². The van der Waals surface area contributed by atoms with Crippen LogP contribution in [0.25, 0.3) is 5.65 Å². The van der Waals surface area contributed by atoms with Gasteiger partial charge < -0.3 is 9.64 Å². The largest absolute Gasteiger partial charge is 0.391 e. The fourth-order valence-corrected chi connectivity index (χ4v) is 5.31. The number of aromatic nitrogens is 4. The highest BCUT2D eigenvalue weighted by Crippen LogP contribution is 2.42. The summed E-state index contributed by atoms with van der Waals surface area (Å²) in [6, 6.07) is 3.77. The van der Waals surface area contributed by atoms with Gasteiger partial charge in [0.05, 0.1) is 36.0 Å². The first-order valence-electron chi connectivity index (χ1n) is 11.0. The molecule has 176 valence electrons. The molecule has 1 atom stereocenters. The monoisotopic (exact) mass is 479 g/mol. The first-order chi connectivity index (χ1) is 15.8. The molecule has 0 radical (unpaired) electrons. The molecule has 1 saturated heterocycles. The molecule has 4 heterocycles. The number of aryl methyl sites for hydroxylation is 1. The molecular formula is C22H24F3N5O2S. The molecule has 0 aromatic carbocycles. The number of hydrogen-bond acceptors (Lipinski definition) is 6. The third-order valence-electron chi connectivity index (χ3n) is 6.55. The minimum absolute atomic E-state index is 0.0199. The Kier molecular flexibility index (Phi) is 5.86. The first kappa shape index (κ1) is 22.3. The zero-order valence-corrected chi connectivity index (χ0v) is 18.9. The highest BCUT2D eigenvalue weighted by atomic mass is 32.1. The zero-order valence-electron chi connectivity index (χ0n) is 18.1. The average molecular weight is 480 g/mol. The topological polar surface area (TPSA) is 72.6 Å². The number of carbonyl (C=O) groups is 1. The van der Waals surface area contributed by atoms with Gasteiger partial charge in [0, 0.05) is 29.6 Å². The Morgan fingerprint density at radius 3 is 2.70 bits per heavy atom. The summed E-state index contributed by atoms with van der Waals surface area (Å²) in [6.07, 6.45) is -3.35. The van der Waals surface area contributed by atoms with Crippen LogP contribution in [-0.2, 0) is 4.74 Å². The maximum Gasteiger partial charge on any atom is 0.391 e. The van der Waals surface area contributed by atoms with Crippen molar-refractivity contribution in [1.82, 2.24) is 24.5 Å². The van der Waals surface area contributed by atoms with Gasteiger partial charge in [-0.05, 0) is 38.7 Å². The lowest BCUT2D eigenvalue weighted by molar-refractivity contribution is -0.182. The number of carbonyl (C=O) groups excluding carboxylic acids is 1. The zero-order chi connectivity index (χ0) is 23.2. The molecule has 0 bridgehead atoms. The Morgan fingerprint density at radius 1 is 1.21 bits per heavy atom. The van der Waals surface area contributed by atoms with Crippen molar-refractivity contribution in [2.24, 2.45) is 5.92 Å². The molecule has 1 aliphatic carbocycles.